The van der Waals surface area contributed by atoms with Crippen molar-refractivity contribution >= 4 is 21.4 Å². The Morgan fingerprint density at radius 3 is 1.68 bits per heavy atom. The van der Waals surface area contributed by atoms with Crippen LogP contribution in [-0.4, -0.2) is 35.0 Å². The maximum absolute atomic E-state index is 7.19. The molecule has 5 aliphatic rings. The van der Waals surface area contributed by atoms with Crippen molar-refractivity contribution in [3.63, 3.8) is 0 Å². The molecule has 0 radical (unpaired) electrons. The molecule has 2 aliphatic heterocycles. The van der Waals surface area contributed by atoms with Gasteiger partial charge in [0.05, 0.1) is 35.0 Å². The van der Waals surface area contributed by atoms with E-state index in [9.17, 15) is 0 Å². The predicted molar refractivity (Wildman–Crippen MR) is 214 cm³/mol. The third-order valence-corrected chi connectivity index (χ3v) is 20.1. The third kappa shape index (κ3) is 9.77. The zero-order valence-electron chi connectivity index (χ0n) is 30.3. The summed E-state index contributed by atoms with van der Waals surface area (Å²) in [5, 5.41) is 0. The predicted octanol–water partition coefficient (Wildman–Crippen LogP) is 11.8. The number of unbranched alkanes of at least 4 members (excludes halogenated alkanes) is 1. The number of fused-ring (bicyclic) bond motifs is 5. The first-order chi connectivity index (χ1) is 23.4. The summed E-state index contributed by atoms with van der Waals surface area (Å²) in [7, 11) is 0.0434. The van der Waals surface area contributed by atoms with E-state index in [1.54, 1.807) is 50.8 Å². The summed E-state index contributed by atoms with van der Waals surface area (Å²) in [6.45, 7) is 10.1. The van der Waals surface area contributed by atoms with Gasteiger partial charge >= 0.3 is 44.8 Å². The van der Waals surface area contributed by atoms with Gasteiger partial charge in [0.2, 0.25) is 0 Å². The van der Waals surface area contributed by atoms with Crippen molar-refractivity contribution in [2.45, 2.75) is 115 Å². The Bertz CT molecular complexity index is 1710. The fourth-order valence-corrected chi connectivity index (χ4v) is 16.4. The fourth-order valence-electron chi connectivity index (χ4n) is 9.04. The normalized spacial score (nSPS) is 22.8. The van der Waals surface area contributed by atoms with Crippen molar-refractivity contribution in [3.05, 3.63) is 125 Å². The van der Waals surface area contributed by atoms with Crippen LogP contribution >= 0.6 is 15.8 Å². The van der Waals surface area contributed by atoms with Gasteiger partial charge in [-0.05, 0) is 124 Å². The molecule has 0 N–H and O–H groups in total. The van der Waals surface area contributed by atoms with Gasteiger partial charge in [-0.1, -0.05) is 66.6 Å². The molecule has 8 rings (SSSR count). The molecule has 2 fully saturated rings. The smallest absolute Gasteiger partial charge is 0.366 e. The summed E-state index contributed by atoms with van der Waals surface area (Å²) >= 11 is 0. The molecule has 3 aliphatic carbocycles. The average molecular weight is 1060 g/mol. The van der Waals surface area contributed by atoms with E-state index >= 15 is 0 Å². The molecule has 0 unspecified atom stereocenters. The maximum Gasteiger partial charge on any atom is 1.00 e. The Morgan fingerprint density at radius 1 is 0.600 bits per heavy atom. The fraction of sp³-hybridized carbons (Fsp3) is 0.435. The topological polar surface area (TPSA) is 0 Å². The van der Waals surface area contributed by atoms with Crippen LogP contribution in [-0.2, 0) is 57.6 Å². The van der Waals surface area contributed by atoms with Gasteiger partial charge in [-0.2, -0.15) is 0 Å². The molecule has 2 saturated heterocycles. The van der Waals surface area contributed by atoms with E-state index in [-0.39, 0.29) is 60.6 Å². The first-order valence-electron chi connectivity index (χ1n) is 18.6. The van der Waals surface area contributed by atoms with Crippen molar-refractivity contribution in [3.8, 4) is 23.0 Å². The van der Waals surface area contributed by atoms with E-state index < -0.39 is 0 Å². The maximum atomic E-state index is 7.19. The van der Waals surface area contributed by atoms with Gasteiger partial charge < -0.3 is 12.8 Å². The molecule has 0 amide bonds. The molecule has 0 aromatic heterocycles. The summed E-state index contributed by atoms with van der Waals surface area (Å²) in [4.78, 5) is 0. The average Bonchev–Trinajstić information content (AvgIpc) is 3.86. The van der Waals surface area contributed by atoms with Crippen molar-refractivity contribution in [2.24, 2.45) is 0 Å². The standard InChI is InChI=1S/C16H32P2.C15H11.C15H9.2Au/c1-13-7-8-14(2)17(13)11-5-6-12-18-15(3)9-10-16(18)4;2*1-2-11-7-8-13-10-12-5-3-4-6-14(12)15(13)9-11;;/h13-16H,5-12H2,1-4H3;3-6,9H,7-8,10H2;3-9H,10H2;;/q;2*-1;2*+1/p+2/t13-,14-,15-,16-;;;;/m0..../s1. The van der Waals surface area contributed by atoms with Crippen LogP contribution in [0.5, 0.6) is 0 Å². The molecule has 3 aromatic carbocycles. The molecule has 50 heavy (non-hydrogen) atoms. The van der Waals surface area contributed by atoms with Crippen molar-refractivity contribution in [1.29, 1.82) is 0 Å². The van der Waals surface area contributed by atoms with Crippen LogP contribution in [0.1, 0.15) is 107 Å². The Hall–Kier alpha value is -1.40. The largest absolute Gasteiger partial charge is 1.00 e. The quantitative estimate of drug-likeness (QED) is 0.0614. The van der Waals surface area contributed by atoms with Crippen LogP contribution in [0.25, 0.3) is 16.7 Å². The molecule has 0 saturated carbocycles. The van der Waals surface area contributed by atoms with Gasteiger partial charge in [-0.3, -0.25) is 11.8 Å². The molecule has 0 nitrogen and oxygen atoms in total. The van der Waals surface area contributed by atoms with Gasteiger partial charge in [0, 0.05) is 15.8 Å². The van der Waals surface area contributed by atoms with Crippen LogP contribution in [0.15, 0.2) is 84.0 Å². The molecule has 3 aromatic rings. The van der Waals surface area contributed by atoms with Crippen molar-refractivity contribution in [1.82, 2.24) is 0 Å². The molecule has 4 atom stereocenters. The second-order valence-electron chi connectivity index (χ2n) is 15.1. The Morgan fingerprint density at radius 2 is 1.12 bits per heavy atom. The first-order valence-corrected chi connectivity index (χ1v) is 22.4. The Labute approximate surface area is 338 Å². The molecule has 2 heterocycles. The number of rotatable bonds is 5. The van der Waals surface area contributed by atoms with Crippen LogP contribution in [0.3, 0.4) is 0 Å². The summed E-state index contributed by atoms with van der Waals surface area (Å²) in [6.07, 6.45) is 33.2. The number of benzene rings is 3. The van der Waals surface area contributed by atoms with Crippen LogP contribution in [0.2, 0.25) is 0 Å². The Balaban J connectivity index is 0.000000166. The minimum Gasteiger partial charge on any atom is -0.366 e. The van der Waals surface area contributed by atoms with E-state index in [1.807, 2.05) is 12.1 Å². The van der Waals surface area contributed by atoms with Crippen LogP contribution < -0.4 is 0 Å². The van der Waals surface area contributed by atoms with Gasteiger partial charge in [-0.25, -0.2) is 0 Å². The summed E-state index contributed by atoms with van der Waals surface area (Å²) in [5.74, 6) is 4.96. The molecule has 0 bridgehead atoms. The minimum atomic E-state index is 0. The SMILES string of the molecule is C[C@H]1CC[C@H](C)[PH+]1CCCC[PH+]1[C@@H](C)CC[C@@H]1C.[Au+].[Au+].[C-]#CC1=CC2=C(CC1)Cc1ccccc12.[C-]#Cc1ccc2c(c1)-c1ccccc1C2. The zero-order chi connectivity index (χ0) is 33.6. The molecular formula is C46H54Au2P2+2. The van der Waals surface area contributed by atoms with Gasteiger partial charge in [0.1, 0.15) is 0 Å². The summed E-state index contributed by atoms with van der Waals surface area (Å²) < 4.78 is 0. The minimum absolute atomic E-state index is 0. The summed E-state index contributed by atoms with van der Waals surface area (Å²) in [5.41, 5.74) is 17.3. The van der Waals surface area contributed by atoms with E-state index in [0.29, 0.717) is 0 Å². The van der Waals surface area contributed by atoms with E-state index in [0.717, 1.165) is 59.5 Å². The second-order valence-corrected chi connectivity index (χ2v) is 22.3. The van der Waals surface area contributed by atoms with Gasteiger partial charge in [0.15, 0.2) is 0 Å². The van der Waals surface area contributed by atoms with Crippen molar-refractivity contribution in [2.75, 3.05) is 12.3 Å². The van der Waals surface area contributed by atoms with Crippen LogP contribution in [0.4, 0.5) is 0 Å². The monoisotopic (exact) mass is 1060 g/mol. The Kier molecular flexibility index (Phi) is 16.2. The molecular weight excluding hydrogens is 1010 g/mol. The second kappa shape index (κ2) is 19.6. The van der Waals surface area contributed by atoms with Gasteiger partial charge in [-0.15, -0.1) is 29.3 Å². The number of hydrogen-bond donors (Lipinski definition) is 0. The van der Waals surface area contributed by atoms with E-state index in [2.05, 4.69) is 100 Å². The van der Waals surface area contributed by atoms with Gasteiger partial charge in [0.25, 0.3) is 0 Å². The molecule has 4 heteroatoms. The molecule has 0 spiro atoms. The third-order valence-electron chi connectivity index (χ3n) is 12.0. The number of allylic oxidation sites excluding steroid dienone is 4. The van der Waals surface area contributed by atoms with E-state index in [1.165, 1.54) is 44.5 Å². The molecule has 268 valence electrons. The van der Waals surface area contributed by atoms with E-state index in [4.69, 9.17) is 12.8 Å². The van der Waals surface area contributed by atoms with Crippen molar-refractivity contribution < 1.29 is 44.8 Å². The van der Waals surface area contributed by atoms with Crippen LogP contribution in [0, 0.1) is 24.7 Å². The first kappa shape index (κ1) is 41.4. The zero-order valence-corrected chi connectivity index (χ0v) is 36.7. The number of hydrogen-bond acceptors (Lipinski definition) is 0. The summed E-state index contributed by atoms with van der Waals surface area (Å²) in [6, 6.07) is 23.1.